The molecule has 86 valence electrons. The molecule has 0 aromatic heterocycles. The quantitative estimate of drug-likeness (QED) is 0.770. The molecular formula is C15H14S2. The number of benzene rings is 2. The number of hydrogen-bond donors (Lipinski definition) is 1. The second-order valence-electron chi connectivity index (χ2n) is 3.57. The first-order valence-corrected chi connectivity index (χ1v) is 6.94. The summed E-state index contributed by atoms with van der Waals surface area (Å²) in [5, 5.41) is 0. The van der Waals surface area contributed by atoms with Gasteiger partial charge < -0.3 is 0 Å². The SMILES string of the molecule is SCC=Cc1ccc(Sc2ccccc2)cc1. The van der Waals surface area contributed by atoms with Gasteiger partial charge in [-0.3, -0.25) is 0 Å². The minimum absolute atomic E-state index is 0.778. The van der Waals surface area contributed by atoms with Crippen LogP contribution < -0.4 is 0 Å². The van der Waals surface area contributed by atoms with E-state index in [0.717, 1.165) is 5.75 Å². The average molecular weight is 258 g/mol. The van der Waals surface area contributed by atoms with Crippen molar-refractivity contribution in [3.63, 3.8) is 0 Å². The lowest BCUT2D eigenvalue weighted by atomic mass is 10.2. The molecule has 0 radical (unpaired) electrons. The summed E-state index contributed by atoms with van der Waals surface area (Å²) < 4.78 is 0. The first-order chi connectivity index (χ1) is 8.38. The summed E-state index contributed by atoms with van der Waals surface area (Å²) >= 11 is 5.93. The first kappa shape index (κ1) is 12.3. The van der Waals surface area contributed by atoms with Crippen molar-refractivity contribution in [2.24, 2.45) is 0 Å². The Hall–Kier alpha value is -1.12. The van der Waals surface area contributed by atoms with Crippen molar-refractivity contribution in [3.8, 4) is 0 Å². The summed E-state index contributed by atoms with van der Waals surface area (Å²) in [6, 6.07) is 19.0. The Kier molecular flexibility index (Phi) is 4.77. The Morgan fingerprint density at radius 1 is 0.882 bits per heavy atom. The van der Waals surface area contributed by atoms with Gasteiger partial charge in [-0.15, -0.1) is 0 Å². The molecule has 0 fully saturated rings. The highest BCUT2D eigenvalue weighted by molar-refractivity contribution is 7.99. The van der Waals surface area contributed by atoms with Crippen LogP contribution in [0.5, 0.6) is 0 Å². The Morgan fingerprint density at radius 2 is 1.53 bits per heavy atom. The fraction of sp³-hybridized carbons (Fsp3) is 0.0667. The molecule has 0 saturated heterocycles. The van der Waals surface area contributed by atoms with Crippen molar-refractivity contribution >= 4 is 30.5 Å². The van der Waals surface area contributed by atoms with Gasteiger partial charge in [0.05, 0.1) is 0 Å². The third kappa shape index (κ3) is 3.99. The molecule has 0 bridgehead atoms. The molecule has 0 N–H and O–H groups in total. The van der Waals surface area contributed by atoms with Crippen LogP contribution in [0, 0.1) is 0 Å². The molecule has 0 unspecified atom stereocenters. The van der Waals surface area contributed by atoms with Gasteiger partial charge >= 0.3 is 0 Å². The van der Waals surface area contributed by atoms with Crippen LogP contribution in [-0.2, 0) is 0 Å². The number of rotatable bonds is 4. The Morgan fingerprint density at radius 3 is 2.18 bits per heavy atom. The van der Waals surface area contributed by atoms with Crippen LogP contribution in [0.1, 0.15) is 5.56 Å². The van der Waals surface area contributed by atoms with Crippen LogP contribution in [-0.4, -0.2) is 5.75 Å². The molecule has 0 amide bonds. The highest BCUT2D eigenvalue weighted by Crippen LogP contribution is 2.27. The van der Waals surface area contributed by atoms with E-state index in [9.17, 15) is 0 Å². The largest absolute Gasteiger partial charge is 0.175 e. The smallest absolute Gasteiger partial charge is 0.0122 e. The van der Waals surface area contributed by atoms with E-state index < -0.39 is 0 Å². The van der Waals surface area contributed by atoms with Crippen LogP contribution in [0.4, 0.5) is 0 Å². The van der Waals surface area contributed by atoms with Gasteiger partial charge in [-0.1, -0.05) is 54.2 Å². The van der Waals surface area contributed by atoms with Crippen molar-refractivity contribution in [2.75, 3.05) is 5.75 Å². The summed E-state index contributed by atoms with van der Waals surface area (Å²) in [6.07, 6.45) is 4.13. The molecule has 0 saturated carbocycles. The topological polar surface area (TPSA) is 0 Å². The lowest BCUT2D eigenvalue weighted by Gasteiger charge is -2.01. The molecule has 2 aromatic rings. The fourth-order valence-electron chi connectivity index (χ4n) is 1.46. The number of hydrogen-bond acceptors (Lipinski definition) is 2. The van der Waals surface area contributed by atoms with Crippen LogP contribution in [0.3, 0.4) is 0 Å². The third-order valence-corrected chi connectivity index (χ3v) is 3.50. The Balaban J connectivity index is 2.06. The monoisotopic (exact) mass is 258 g/mol. The van der Waals surface area contributed by atoms with Gasteiger partial charge in [0, 0.05) is 15.5 Å². The normalized spacial score (nSPS) is 10.9. The minimum atomic E-state index is 0.778. The Labute approximate surface area is 112 Å². The molecule has 0 aliphatic heterocycles. The van der Waals surface area contributed by atoms with E-state index in [1.165, 1.54) is 15.4 Å². The summed E-state index contributed by atoms with van der Waals surface area (Å²) in [4.78, 5) is 2.53. The van der Waals surface area contributed by atoms with E-state index in [4.69, 9.17) is 0 Å². The van der Waals surface area contributed by atoms with Gasteiger partial charge in [0.2, 0.25) is 0 Å². The van der Waals surface area contributed by atoms with Crippen molar-refractivity contribution in [3.05, 3.63) is 66.2 Å². The van der Waals surface area contributed by atoms with Gasteiger partial charge in [0.15, 0.2) is 0 Å². The lowest BCUT2D eigenvalue weighted by molar-refractivity contribution is 1.40. The van der Waals surface area contributed by atoms with Gasteiger partial charge in [-0.2, -0.15) is 12.6 Å². The zero-order valence-corrected chi connectivity index (χ0v) is 11.1. The molecule has 17 heavy (non-hydrogen) atoms. The first-order valence-electron chi connectivity index (χ1n) is 5.49. The highest BCUT2D eigenvalue weighted by Gasteiger charge is 1.95. The van der Waals surface area contributed by atoms with E-state index in [1.807, 2.05) is 12.1 Å². The maximum Gasteiger partial charge on any atom is 0.0122 e. The fourth-order valence-corrected chi connectivity index (χ4v) is 2.40. The molecule has 0 heterocycles. The lowest BCUT2D eigenvalue weighted by Crippen LogP contribution is -1.75. The van der Waals surface area contributed by atoms with Gasteiger partial charge in [-0.05, 0) is 29.8 Å². The summed E-state index contributed by atoms with van der Waals surface area (Å²) in [5.41, 5.74) is 1.22. The molecule has 0 nitrogen and oxygen atoms in total. The predicted octanol–water partition coefficient (Wildman–Crippen LogP) is 4.78. The summed E-state index contributed by atoms with van der Waals surface area (Å²) in [7, 11) is 0. The van der Waals surface area contributed by atoms with Crippen LogP contribution >= 0.6 is 24.4 Å². The standard InChI is InChI=1S/C15H14S2/c16-12-4-5-13-8-10-15(11-9-13)17-14-6-2-1-3-7-14/h1-11,16H,12H2. The molecule has 2 rings (SSSR count). The molecule has 0 atom stereocenters. The van der Waals surface area contributed by atoms with Gasteiger partial charge in [-0.25, -0.2) is 0 Å². The maximum absolute atomic E-state index is 4.15. The number of thiol groups is 1. The summed E-state index contributed by atoms with van der Waals surface area (Å²) in [6.45, 7) is 0. The molecular weight excluding hydrogens is 244 g/mol. The van der Waals surface area contributed by atoms with Crippen LogP contribution in [0.25, 0.3) is 6.08 Å². The second kappa shape index (κ2) is 6.58. The van der Waals surface area contributed by atoms with E-state index >= 15 is 0 Å². The maximum atomic E-state index is 4.15. The van der Waals surface area contributed by atoms with Crippen LogP contribution in [0.15, 0.2) is 70.5 Å². The van der Waals surface area contributed by atoms with Crippen molar-refractivity contribution < 1.29 is 0 Å². The zero-order chi connectivity index (χ0) is 11.9. The van der Waals surface area contributed by atoms with Gasteiger partial charge in [0.1, 0.15) is 0 Å². The zero-order valence-electron chi connectivity index (χ0n) is 9.41. The molecule has 0 spiro atoms. The summed E-state index contributed by atoms with van der Waals surface area (Å²) in [5.74, 6) is 0.778. The molecule has 2 heteroatoms. The molecule has 2 aromatic carbocycles. The van der Waals surface area contributed by atoms with E-state index in [2.05, 4.69) is 67.2 Å². The minimum Gasteiger partial charge on any atom is -0.175 e. The predicted molar refractivity (Wildman–Crippen MR) is 79.9 cm³/mol. The van der Waals surface area contributed by atoms with Gasteiger partial charge in [0.25, 0.3) is 0 Å². The molecule has 0 aliphatic rings. The third-order valence-electron chi connectivity index (χ3n) is 2.27. The van der Waals surface area contributed by atoms with Crippen LogP contribution in [0.2, 0.25) is 0 Å². The average Bonchev–Trinajstić information content (AvgIpc) is 2.39. The van der Waals surface area contributed by atoms with E-state index in [-0.39, 0.29) is 0 Å². The second-order valence-corrected chi connectivity index (χ2v) is 5.08. The molecule has 0 aliphatic carbocycles. The van der Waals surface area contributed by atoms with Crippen molar-refractivity contribution in [2.45, 2.75) is 9.79 Å². The Bertz CT molecular complexity index is 472. The van der Waals surface area contributed by atoms with Crippen molar-refractivity contribution in [1.29, 1.82) is 0 Å². The van der Waals surface area contributed by atoms with Crippen molar-refractivity contribution in [1.82, 2.24) is 0 Å². The highest BCUT2D eigenvalue weighted by atomic mass is 32.2. The van der Waals surface area contributed by atoms with E-state index in [1.54, 1.807) is 11.8 Å². The van der Waals surface area contributed by atoms with E-state index in [0.29, 0.717) is 0 Å².